The lowest BCUT2D eigenvalue weighted by Crippen LogP contribution is -2.31. The van der Waals surface area contributed by atoms with E-state index in [2.05, 4.69) is 21.2 Å². The molecular formula is C20H18BrNO4S2. The van der Waals surface area contributed by atoms with Crippen molar-refractivity contribution < 1.29 is 17.9 Å². The Balaban J connectivity index is 1.87. The van der Waals surface area contributed by atoms with Gasteiger partial charge in [0.1, 0.15) is 11.0 Å². The van der Waals surface area contributed by atoms with Crippen molar-refractivity contribution in [1.82, 2.24) is 5.32 Å². The summed E-state index contributed by atoms with van der Waals surface area (Å²) in [5.74, 6) is 0.243. The van der Waals surface area contributed by atoms with E-state index in [1.165, 1.54) is 30.6 Å². The van der Waals surface area contributed by atoms with Gasteiger partial charge in [0, 0.05) is 15.9 Å². The zero-order valence-corrected chi connectivity index (χ0v) is 18.2. The van der Waals surface area contributed by atoms with Crippen LogP contribution in [0.1, 0.15) is 20.5 Å². The Morgan fingerprint density at radius 2 is 1.82 bits per heavy atom. The van der Waals surface area contributed by atoms with Crippen LogP contribution in [0, 0.1) is 0 Å². The third-order valence-electron chi connectivity index (χ3n) is 4.19. The average molecular weight is 480 g/mol. The first-order valence-corrected chi connectivity index (χ1v) is 11.6. The fraction of sp³-hybridized carbons (Fsp3) is 0.150. The second kappa shape index (κ2) is 8.89. The molecule has 28 heavy (non-hydrogen) atoms. The maximum absolute atomic E-state index is 13.3. The number of thiophene rings is 1. The smallest absolute Gasteiger partial charge is 0.252 e. The van der Waals surface area contributed by atoms with Crippen molar-refractivity contribution in [2.24, 2.45) is 0 Å². The van der Waals surface area contributed by atoms with E-state index in [9.17, 15) is 13.2 Å². The Hall–Kier alpha value is -2.16. The van der Waals surface area contributed by atoms with E-state index in [1.54, 1.807) is 42.5 Å². The monoisotopic (exact) mass is 479 g/mol. The molecule has 2 aromatic carbocycles. The van der Waals surface area contributed by atoms with Gasteiger partial charge in [0.05, 0.1) is 17.6 Å². The summed E-state index contributed by atoms with van der Waals surface area (Å²) in [6.45, 7) is -0.0327. The molecular weight excluding hydrogens is 462 g/mol. The van der Waals surface area contributed by atoms with Crippen LogP contribution in [0.2, 0.25) is 0 Å². The summed E-state index contributed by atoms with van der Waals surface area (Å²) in [6, 6.07) is 16.8. The molecule has 1 amide bonds. The highest BCUT2D eigenvalue weighted by Crippen LogP contribution is 2.32. The summed E-state index contributed by atoms with van der Waals surface area (Å²) < 4.78 is 32.3. The number of carbonyl (C=O) groups excluding carboxylic acids is 1. The summed E-state index contributed by atoms with van der Waals surface area (Å²) in [6.07, 6.45) is 0. The number of methoxy groups -OCH3 is 1. The zero-order chi connectivity index (χ0) is 20.1. The molecule has 0 aliphatic carbocycles. The van der Waals surface area contributed by atoms with Crippen LogP contribution in [-0.2, 0) is 9.84 Å². The maximum Gasteiger partial charge on any atom is 0.252 e. The largest absolute Gasteiger partial charge is 0.497 e. The van der Waals surface area contributed by atoms with Gasteiger partial charge in [0.25, 0.3) is 5.91 Å². The minimum Gasteiger partial charge on any atom is -0.497 e. The number of carbonyl (C=O) groups is 1. The van der Waals surface area contributed by atoms with Crippen molar-refractivity contribution in [3.05, 3.63) is 81.0 Å². The van der Waals surface area contributed by atoms with Crippen LogP contribution in [0.4, 0.5) is 0 Å². The van der Waals surface area contributed by atoms with Gasteiger partial charge in [-0.05, 0) is 63.8 Å². The van der Waals surface area contributed by atoms with Gasteiger partial charge < -0.3 is 10.1 Å². The summed E-state index contributed by atoms with van der Waals surface area (Å²) in [5, 5.41) is 3.70. The quantitative estimate of drug-likeness (QED) is 0.542. The topological polar surface area (TPSA) is 72.5 Å². The molecule has 3 rings (SSSR count). The van der Waals surface area contributed by atoms with Crippen molar-refractivity contribution >= 4 is 43.0 Å². The van der Waals surface area contributed by atoms with Crippen LogP contribution in [0.15, 0.2) is 75.4 Å². The van der Waals surface area contributed by atoms with Gasteiger partial charge in [0.2, 0.25) is 0 Å². The van der Waals surface area contributed by atoms with Crippen molar-refractivity contribution in [3.63, 3.8) is 0 Å². The molecule has 0 saturated heterocycles. The number of amides is 1. The molecule has 146 valence electrons. The van der Waals surface area contributed by atoms with E-state index < -0.39 is 15.1 Å². The van der Waals surface area contributed by atoms with Crippen molar-refractivity contribution in [1.29, 1.82) is 0 Å². The lowest BCUT2D eigenvalue weighted by molar-refractivity contribution is 0.0953. The van der Waals surface area contributed by atoms with Gasteiger partial charge in [-0.2, -0.15) is 0 Å². The molecule has 1 heterocycles. The van der Waals surface area contributed by atoms with Crippen LogP contribution in [0.3, 0.4) is 0 Å². The first-order chi connectivity index (χ1) is 13.4. The summed E-state index contributed by atoms with van der Waals surface area (Å²) in [4.78, 5) is 13.4. The predicted octanol–water partition coefficient (Wildman–Crippen LogP) is 4.46. The SMILES string of the molecule is COc1ccc(S(=O)(=O)[C@@H](CNC(=O)c2ccccc2Br)c2cccs2)cc1. The van der Waals surface area contributed by atoms with Gasteiger partial charge >= 0.3 is 0 Å². The molecule has 0 unspecified atom stereocenters. The number of nitrogens with one attached hydrogen (secondary N) is 1. The summed E-state index contributed by atoms with van der Waals surface area (Å²) in [7, 11) is -2.19. The predicted molar refractivity (Wildman–Crippen MR) is 114 cm³/mol. The Morgan fingerprint density at radius 1 is 1.11 bits per heavy atom. The van der Waals surface area contributed by atoms with Crippen LogP contribution >= 0.6 is 27.3 Å². The van der Waals surface area contributed by atoms with E-state index in [1.807, 2.05) is 11.4 Å². The third kappa shape index (κ3) is 4.45. The van der Waals surface area contributed by atoms with Crippen molar-refractivity contribution in [2.45, 2.75) is 10.1 Å². The zero-order valence-electron chi connectivity index (χ0n) is 15.0. The average Bonchev–Trinajstić information content (AvgIpc) is 3.22. The highest BCUT2D eigenvalue weighted by molar-refractivity contribution is 9.10. The van der Waals surface area contributed by atoms with Gasteiger partial charge in [-0.1, -0.05) is 18.2 Å². The molecule has 0 aliphatic heterocycles. The Kier molecular flexibility index (Phi) is 6.53. The molecule has 0 fully saturated rings. The standard InChI is InChI=1S/C20H18BrNO4S2/c1-26-14-8-10-15(11-9-14)28(24,25)19(18-7-4-12-27-18)13-22-20(23)16-5-2-3-6-17(16)21/h2-12,19H,13H2,1H3,(H,22,23)/t19-/m0/s1. The van der Waals surface area contributed by atoms with Crippen LogP contribution in [0.5, 0.6) is 5.75 Å². The molecule has 0 saturated carbocycles. The number of hydrogen-bond acceptors (Lipinski definition) is 5. The summed E-state index contributed by atoms with van der Waals surface area (Å²) in [5.41, 5.74) is 0.453. The van der Waals surface area contributed by atoms with Crippen LogP contribution in [-0.4, -0.2) is 28.0 Å². The first kappa shape index (κ1) is 20.6. The highest BCUT2D eigenvalue weighted by atomic mass is 79.9. The molecule has 5 nitrogen and oxygen atoms in total. The first-order valence-electron chi connectivity index (χ1n) is 8.37. The van der Waals surface area contributed by atoms with E-state index in [4.69, 9.17) is 4.74 Å². The number of ether oxygens (including phenoxy) is 1. The fourth-order valence-electron chi connectivity index (χ4n) is 2.69. The molecule has 8 heteroatoms. The van der Waals surface area contributed by atoms with E-state index in [0.29, 0.717) is 20.7 Å². The number of hydrogen-bond donors (Lipinski definition) is 1. The molecule has 0 spiro atoms. The molecule has 1 aromatic heterocycles. The number of halogens is 1. The van der Waals surface area contributed by atoms with E-state index >= 15 is 0 Å². The van der Waals surface area contributed by atoms with Gasteiger partial charge in [-0.3, -0.25) is 4.79 Å². The lowest BCUT2D eigenvalue weighted by atomic mass is 10.2. The van der Waals surface area contributed by atoms with E-state index in [0.717, 1.165) is 0 Å². The fourth-order valence-corrected chi connectivity index (χ4v) is 5.94. The Bertz CT molecular complexity index is 1050. The van der Waals surface area contributed by atoms with Gasteiger partial charge in [-0.15, -0.1) is 11.3 Å². The Morgan fingerprint density at radius 3 is 2.43 bits per heavy atom. The minimum absolute atomic E-state index is 0.0327. The molecule has 0 aliphatic rings. The second-order valence-corrected chi connectivity index (χ2v) is 9.88. The van der Waals surface area contributed by atoms with Gasteiger partial charge in [0.15, 0.2) is 9.84 Å². The van der Waals surface area contributed by atoms with Crippen molar-refractivity contribution in [3.8, 4) is 5.75 Å². The molecule has 1 atom stereocenters. The number of sulfone groups is 1. The maximum atomic E-state index is 13.3. The van der Waals surface area contributed by atoms with E-state index in [-0.39, 0.29) is 17.3 Å². The number of rotatable bonds is 7. The molecule has 1 N–H and O–H groups in total. The molecule has 0 radical (unpaired) electrons. The minimum atomic E-state index is -3.71. The number of benzene rings is 2. The van der Waals surface area contributed by atoms with Gasteiger partial charge in [-0.25, -0.2) is 8.42 Å². The summed E-state index contributed by atoms with van der Waals surface area (Å²) >= 11 is 4.69. The lowest BCUT2D eigenvalue weighted by Gasteiger charge is -2.18. The van der Waals surface area contributed by atoms with Crippen LogP contribution < -0.4 is 10.1 Å². The normalized spacial score (nSPS) is 12.4. The highest BCUT2D eigenvalue weighted by Gasteiger charge is 2.30. The van der Waals surface area contributed by atoms with Crippen LogP contribution in [0.25, 0.3) is 0 Å². The Labute approximate surface area is 176 Å². The molecule has 0 bridgehead atoms. The second-order valence-electron chi connectivity index (χ2n) is 5.91. The third-order valence-corrected chi connectivity index (χ3v) is 8.12. The molecule has 3 aromatic rings. The van der Waals surface area contributed by atoms with Crippen molar-refractivity contribution in [2.75, 3.05) is 13.7 Å².